The van der Waals surface area contributed by atoms with E-state index in [0.29, 0.717) is 26.9 Å². The molecule has 0 bridgehead atoms. The van der Waals surface area contributed by atoms with Gasteiger partial charge in [0.15, 0.2) is 5.60 Å². The minimum atomic E-state index is -1.50. The fourth-order valence-electron chi connectivity index (χ4n) is 4.41. The number of imidazole rings is 1. The van der Waals surface area contributed by atoms with Gasteiger partial charge in [-0.1, -0.05) is 53.5 Å². The van der Waals surface area contributed by atoms with Crippen LogP contribution in [0, 0.1) is 0 Å². The second kappa shape index (κ2) is 8.44. The van der Waals surface area contributed by atoms with Gasteiger partial charge in [-0.3, -0.25) is 4.79 Å². The highest BCUT2D eigenvalue weighted by Gasteiger charge is 2.37. The smallest absolute Gasteiger partial charge is 0.251 e. The van der Waals surface area contributed by atoms with Crippen molar-refractivity contribution < 1.29 is 5.11 Å². The number of fused-ring (bicyclic) bond motifs is 1. The zero-order valence-corrected chi connectivity index (χ0v) is 20.0. The van der Waals surface area contributed by atoms with Gasteiger partial charge in [-0.15, -0.1) is 0 Å². The standard InChI is InChI=1S/C27H21Cl2N3O2/c1-31-16-30-15-25(31)27(34,18-5-10-21(29)11-6-18)19-7-12-24-23(13-19)22(14-26(33)32(24)2)17-3-8-20(28)9-4-17/h3-16,34H,1-2H3. The molecule has 1 N–H and O–H groups in total. The van der Waals surface area contributed by atoms with Gasteiger partial charge in [0.25, 0.3) is 5.56 Å². The second-order valence-corrected chi connectivity index (χ2v) is 9.17. The Balaban J connectivity index is 1.83. The highest BCUT2D eigenvalue weighted by molar-refractivity contribution is 6.30. The van der Waals surface area contributed by atoms with E-state index in [9.17, 15) is 9.90 Å². The lowest BCUT2D eigenvalue weighted by Crippen LogP contribution is -2.31. The van der Waals surface area contributed by atoms with Gasteiger partial charge in [0, 0.05) is 35.6 Å². The predicted octanol–water partition coefficient (Wildman–Crippen LogP) is 5.53. The number of hydrogen-bond acceptors (Lipinski definition) is 3. The van der Waals surface area contributed by atoms with Crippen molar-refractivity contribution in [3.63, 3.8) is 0 Å². The minimum absolute atomic E-state index is 0.121. The van der Waals surface area contributed by atoms with Crippen molar-refractivity contribution in [2.75, 3.05) is 0 Å². The van der Waals surface area contributed by atoms with Gasteiger partial charge in [0.1, 0.15) is 0 Å². The molecular weight excluding hydrogens is 469 g/mol. The molecule has 5 rings (SSSR count). The normalized spacial score (nSPS) is 13.2. The van der Waals surface area contributed by atoms with Crippen LogP contribution in [0.25, 0.3) is 22.0 Å². The number of nitrogens with zero attached hydrogens (tertiary/aromatic N) is 3. The number of benzene rings is 3. The van der Waals surface area contributed by atoms with Crippen LogP contribution in [0.4, 0.5) is 0 Å². The summed E-state index contributed by atoms with van der Waals surface area (Å²) >= 11 is 12.2. The molecule has 0 saturated heterocycles. The first kappa shape index (κ1) is 22.4. The molecule has 1 unspecified atom stereocenters. The third-order valence-corrected chi connectivity index (χ3v) is 6.77. The van der Waals surface area contributed by atoms with Crippen LogP contribution in [0.2, 0.25) is 10.0 Å². The van der Waals surface area contributed by atoms with Gasteiger partial charge in [0.2, 0.25) is 0 Å². The number of pyridine rings is 1. The van der Waals surface area contributed by atoms with Gasteiger partial charge in [0.05, 0.1) is 23.7 Å². The first-order valence-electron chi connectivity index (χ1n) is 10.6. The SMILES string of the molecule is Cn1cncc1C(O)(c1ccc(Cl)cc1)c1ccc2c(c1)c(-c1ccc(Cl)cc1)cc(=O)n2C. The van der Waals surface area contributed by atoms with Crippen molar-refractivity contribution in [3.05, 3.63) is 123 Å². The van der Waals surface area contributed by atoms with Gasteiger partial charge in [-0.05, 0) is 58.7 Å². The second-order valence-electron chi connectivity index (χ2n) is 8.30. The van der Waals surface area contributed by atoms with E-state index in [4.69, 9.17) is 23.2 Å². The van der Waals surface area contributed by atoms with Crippen LogP contribution in [0.5, 0.6) is 0 Å². The van der Waals surface area contributed by atoms with E-state index in [0.717, 1.165) is 22.0 Å². The van der Waals surface area contributed by atoms with E-state index < -0.39 is 5.60 Å². The topological polar surface area (TPSA) is 60.0 Å². The van der Waals surface area contributed by atoms with Crippen LogP contribution in [-0.2, 0) is 19.7 Å². The van der Waals surface area contributed by atoms with E-state index in [1.165, 1.54) is 0 Å². The molecule has 0 aliphatic rings. The van der Waals surface area contributed by atoms with Crippen LogP contribution in [-0.4, -0.2) is 19.2 Å². The van der Waals surface area contributed by atoms with Crippen molar-refractivity contribution in [2.45, 2.75) is 5.60 Å². The Hall–Kier alpha value is -3.38. The molecule has 0 amide bonds. The zero-order chi connectivity index (χ0) is 24.0. The first-order valence-corrected chi connectivity index (χ1v) is 11.4. The van der Waals surface area contributed by atoms with Crippen molar-refractivity contribution in [1.29, 1.82) is 0 Å². The molecule has 170 valence electrons. The maximum atomic E-state index is 12.7. The van der Waals surface area contributed by atoms with Crippen molar-refractivity contribution in [1.82, 2.24) is 14.1 Å². The summed E-state index contributed by atoms with van der Waals surface area (Å²) in [6.07, 6.45) is 3.31. The average molecular weight is 490 g/mol. The maximum absolute atomic E-state index is 12.7. The molecule has 34 heavy (non-hydrogen) atoms. The Morgan fingerprint density at radius 1 is 0.853 bits per heavy atom. The molecule has 0 aliphatic carbocycles. The molecular formula is C27H21Cl2N3O2. The van der Waals surface area contributed by atoms with Crippen LogP contribution in [0.1, 0.15) is 16.8 Å². The van der Waals surface area contributed by atoms with Crippen LogP contribution >= 0.6 is 23.2 Å². The number of hydrogen-bond donors (Lipinski definition) is 1. The zero-order valence-electron chi connectivity index (χ0n) is 18.5. The molecule has 5 nitrogen and oxygen atoms in total. The Bertz CT molecular complexity index is 1570. The third-order valence-electron chi connectivity index (χ3n) is 6.27. The molecule has 3 aromatic carbocycles. The number of aryl methyl sites for hydroxylation is 2. The van der Waals surface area contributed by atoms with Crippen molar-refractivity contribution in [2.24, 2.45) is 14.1 Å². The molecule has 0 saturated carbocycles. The van der Waals surface area contributed by atoms with Crippen molar-refractivity contribution >= 4 is 34.1 Å². The lowest BCUT2D eigenvalue weighted by Gasteiger charge is -2.30. The van der Waals surface area contributed by atoms with E-state index >= 15 is 0 Å². The number of halogens is 2. The summed E-state index contributed by atoms with van der Waals surface area (Å²) in [5.41, 5.74) is 2.65. The quantitative estimate of drug-likeness (QED) is 0.361. The minimum Gasteiger partial charge on any atom is -0.374 e. The Labute approximate surface area is 206 Å². The summed E-state index contributed by atoms with van der Waals surface area (Å²) in [6.45, 7) is 0. The highest BCUT2D eigenvalue weighted by atomic mass is 35.5. The Morgan fingerprint density at radius 3 is 2.09 bits per heavy atom. The van der Waals surface area contributed by atoms with Crippen LogP contribution < -0.4 is 5.56 Å². The number of aliphatic hydroxyl groups is 1. The number of rotatable bonds is 4. The van der Waals surface area contributed by atoms with Gasteiger partial charge >= 0.3 is 0 Å². The fraction of sp³-hybridized carbons (Fsp3) is 0.111. The van der Waals surface area contributed by atoms with E-state index in [2.05, 4.69) is 4.98 Å². The highest BCUT2D eigenvalue weighted by Crippen LogP contribution is 2.39. The Morgan fingerprint density at radius 2 is 1.47 bits per heavy atom. The maximum Gasteiger partial charge on any atom is 0.251 e. The molecule has 0 radical (unpaired) electrons. The summed E-state index contributed by atoms with van der Waals surface area (Å²) in [4.78, 5) is 17.0. The van der Waals surface area contributed by atoms with Gasteiger partial charge in [-0.2, -0.15) is 0 Å². The Kier molecular flexibility index (Phi) is 5.56. The molecule has 0 fully saturated rings. The largest absolute Gasteiger partial charge is 0.374 e. The third kappa shape index (κ3) is 3.62. The molecule has 2 aromatic heterocycles. The molecule has 0 aliphatic heterocycles. The summed E-state index contributed by atoms with van der Waals surface area (Å²) < 4.78 is 3.39. The van der Waals surface area contributed by atoms with Gasteiger partial charge in [-0.25, -0.2) is 4.98 Å². The lowest BCUT2D eigenvalue weighted by atomic mass is 9.82. The average Bonchev–Trinajstić information content (AvgIpc) is 3.28. The van der Waals surface area contributed by atoms with E-state index in [-0.39, 0.29) is 5.56 Å². The lowest BCUT2D eigenvalue weighted by molar-refractivity contribution is 0.117. The molecule has 7 heteroatoms. The summed E-state index contributed by atoms with van der Waals surface area (Å²) in [5.74, 6) is 0. The number of aromatic nitrogens is 3. The van der Waals surface area contributed by atoms with Crippen LogP contribution in [0.3, 0.4) is 0 Å². The summed E-state index contributed by atoms with van der Waals surface area (Å²) in [6, 6.07) is 21.7. The van der Waals surface area contributed by atoms with E-state index in [1.807, 2.05) is 37.4 Å². The monoisotopic (exact) mass is 489 g/mol. The van der Waals surface area contributed by atoms with Crippen LogP contribution in [0.15, 0.2) is 90.1 Å². The van der Waals surface area contributed by atoms with Gasteiger partial charge < -0.3 is 14.2 Å². The molecule has 2 heterocycles. The summed E-state index contributed by atoms with van der Waals surface area (Å²) in [5, 5.41) is 14.3. The predicted molar refractivity (Wildman–Crippen MR) is 136 cm³/mol. The summed E-state index contributed by atoms with van der Waals surface area (Å²) in [7, 11) is 3.58. The van der Waals surface area contributed by atoms with Crippen molar-refractivity contribution in [3.8, 4) is 11.1 Å². The molecule has 1 atom stereocenters. The molecule has 0 spiro atoms. The van der Waals surface area contributed by atoms with E-state index in [1.54, 1.807) is 71.2 Å². The first-order chi connectivity index (χ1) is 16.3. The molecule has 5 aromatic rings. The fourth-order valence-corrected chi connectivity index (χ4v) is 4.67.